The maximum absolute atomic E-state index is 9.87. The molecule has 1 aromatic heterocycles. The molecule has 0 saturated heterocycles. The largest absolute Gasteiger partial charge is 0.504 e. The van der Waals surface area contributed by atoms with Gasteiger partial charge in [-0.1, -0.05) is 59.8 Å². The van der Waals surface area contributed by atoms with Gasteiger partial charge < -0.3 is 9.84 Å². The summed E-state index contributed by atoms with van der Waals surface area (Å²) in [5.74, 6) is 2.21. The van der Waals surface area contributed by atoms with Gasteiger partial charge in [-0.05, 0) is 61.0 Å². The number of rotatable bonds is 9. The van der Waals surface area contributed by atoms with Crippen molar-refractivity contribution in [1.29, 1.82) is 0 Å². The molecule has 0 aliphatic carbocycles. The van der Waals surface area contributed by atoms with E-state index in [4.69, 9.17) is 16.3 Å². The summed E-state index contributed by atoms with van der Waals surface area (Å²) in [6, 6.07) is 21.5. The van der Waals surface area contributed by atoms with E-state index in [0.717, 1.165) is 28.0 Å². The lowest BCUT2D eigenvalue weighted by atomic mass is 10.1. The molecule has 8 heteroatoms. The first kappa shape index (κ1) is 24.1. The Balaban J connectivity index is 1.58. The van der Waals surface area contributed by atoms with Gasteiger partial charge in [0.1, 0.15) is 0 Å². The highest BCUT2D eigenvalue weighted by atomic mass is 35.5. The van der Waals surface area contributed by atoms with Crippen LogP contribution in [0.5, 0.6) is 11.5 Å². The zero-order valence-electron chi connectivity index (χ0n) is 19.4. The van der Waals surface area contributed by atoms with Gasteiger partial charge in [-0.3, -0.25) is 9.47 Å². The Hall–Kier alpha value is -3.00. The topological polar surface area (TPSA) is 63.4 Å². The molecular formula is C26H27ClN4O2S. The van der Waals surface area contributed by atoms with Crippen LogP contribution in [0.25, 0.3) is 5.69 Å². The highest BCUT2D eigenvalue weighted by molar-refractivity contribution is 7.98. The molecule has 3 aromatic carbocycles. The van der Waals surface area contributed by atoms with Crippen molar-refractivity contribution in [3.05, 3.63) is 94.3 Å². The summed E-state index contributed by atoms with van der Waals surface area (Å²) in [5, 5.41) is 20.4. The minimum Gasteiger partial charge on any atom is -0.504 e. The predicted octanol–water partition coefficient (Wildman–Crippen LogP) is 5.87. The first-order valence-electron chi connectivity index (χ1n) is 10.9. The molecule has 0 aliphatic heterocycles. The molecule has 176 valence electrons. The fraction of sp³-hybridized carbons (Fsp3) is 0.231. The van der Waals surface area contributed by atoms with Crippen LogP contribution < -0.4 is 4.74 Å². The molecule has 0 amide bonds. The van der Waals surface area contributed by atoms with Crippen LogP contribution in [-0.2, 0) is 18.8 Å². The van der Waals surface area contributed by atoms with Crippen molar-refractivity contribution in [1.82, 2.24) is 19.7 Å². The average molecular weight is 495 g/mol. The van der Waals surface area contributed by atoms with Crippen LogP contribution in [-0.4, -0.2) is 38.9 Å². The number of methoxy groups -OCH3 is 1. The van der Waals surface area contributed by atoms with Crippen LogP contribution in [0, 0.1) is 6.92 Å². The summed E-state index contributed by atoms with van der Waals surface area (Å²) >= 11 is 7.97. The number of phenolic OH excluding ortho intramolecular Hbond substituents is 1. The summed E-state index contributed by atoms with van der Waals surface area (Å²) in [5.41, 5.74) is 4.49. The normalized spacial score (nSPS) is 11.2. The average Bonchev–Trinajstić information content (AvgIpc) is 3.22. The van der Waals surface area contributed by atoms with E-state index in [-0.39, 0.29) is 5.75 Å². The monoisotopic (exact) mass is 494 g/mol. The fourth-order valence-electron chi connectivity index (χ4n) is 3.71. The number of phenols is 1. The molecule has 0 unspecified atom stereocenters. The number of ether oxygens (including phenoxy) is 1. The second-order valence-corrected chi connectivity index (χ2v) is 9.49. The van der Waals surface area contributed by atoms with Crippen molar-refractivity contribution in [3.63, 3.8) is 0 Å². The van der Waals surface area contributed by atoms with Gasteiger partial charge in [0.15, 0.2) is 22.5 Å². The Morgan fingerprint density at radius 1 is 1.03 bits per heavy atom. The van der Waals surface area contributed by atoms with Gasteiger partial charge in [0.2, 0.25) is 0 Å². The highest BCUT2D eigenvalue weighted by Gasteiger charge is 2.17. The summed E-state index contributed by atoms with van der Waals surface area (Å²) in [4.78, 5) is 2.15. The summed E-state index contributed by atoms with van der Waals surface area (Å²) in [7, 11) is 3.57. The van der Waals surface area contributed by atoms with Gasteiger partial charge in [-0.25, -0.2) is 0 Å². The van der Waals surface area contributed by atoms with E-state index in [9.17, 15) is 5.11 Å². The second-order valence-electron chi connectivity index (χ2n) is 8.11. The van der Waals surface area contributed by atoms with E-state index in [1.807, 2.05) is 43.4 Å². The lowest BCUT2D eigenvalue weighted by molar-refractivity contribution is 0.306. The molecule has 1 heterocycles. The third kappa shape index (κ3) is 5.73. The summed E-state index contributed by atoms with van der Waals surface area (Å²) < 4.78 is 7.31. The quantitative estimate of drug-likeness (QED) is 0.294. The van der Waals surface area contributed by atoms with E-state index in [0.29, 0.717) is 23.9 Å². The molecule has 4 rings (SSSR count). The van der Waals surface area contributed by atoms with Gasteiger partial charge in [0, 0.05) is 17.3 Å². The van der Waals surface area contributed by atoms with Gasteiger partial charge in [-0.2, -0.15) is 0 Å². The van der Waals surface area contributed by atoms with E-state index >= 15 is 0 Å². The van der Waals surface area contributed by atoms with Gasteiger partial charge in [-0.15, -0.1) is 10.2 Å². The van der Waals surface area contributed by atoms with Gasteiger partial charge in [0.05, 0.1) is 19.3 Å². The van der Waals surface area contributed by atoms with Crippen molar-refractivity contribution in [3.8, 4) is 17.2 Å². The number of benzene rings is 3. The van der Waals surface area contributed by atoms with Crippen molar-refractivity contribution in [2.24, 2.45) is 0 Å². The van der Waals surface area contributed by atoms with Crippen molar-refractivity contribution >= 4 is 23.4 Å². The van der Waals surface area contributed by atoms with Crippen LogP contribution in [0.4, 0.5) is 0 Å². The van der Waals surface area contributed by atoms with Crippen molar-refractivity contribution < 1.29 is 9.84 Å². The van der Waals surface area contributed by atoms with Crippen molar-refractivity contribution in [2.45, 2.75) is 30.9 Å². The molecular weight excluding hydrogens is 468 g/mol. The van der Waals surface area contributed by atoms with Crippen LogP contribution in [0.3, 0.4) is 0 Å². The lowest BCUT2D eigenvalue weighted by Gasteiger charge is -2.18. The zero-order valence-corrected chi connectivity index (χ0v) is 21.0. The Kier molecular flexibility index (Phi) is 7.77. The number of halogens is 1. The molecule has 0 spiro atoms. The molecule has 6 nitrogen and oxygen atoms in total. The highest BCUT2D eigenvalue weighted by Crippen LogP contribution is 2.29. The van der Waals surface area contributed by atoms with Gasteiger partial charge in [0.25, 0.3) is 0 Å². The zero-order chi connectivity index (χ0) is 24.1. The maximum Gasteiger partial charge on any atom is 0.196 e. The third-order valence-corrected chi connectivity index (χ3v) is 6.71. The molecule has 1 N–H and O–H groups in total. The number of hydrogen-bond donors (Lipinski definition) is 1. The molecule has 0 saturated carbocycles. The second kappa shape index (κ2) is 11.0. The Morgan fingerprint density at radius 2 is 1.85 bits per heavy atom. The maximum atomic E-state index is 9.87. The molecule has 4 aromatic rings. The number of hydrogen-bond acceptors (Lipinski definition) is 6. The third-order valence-electron chi connectivity index (χ3n) is 5.49. The molecule has 0 fully saturated rings. The van der Waals surface area contributed by atoms with Gasteiger partial charge >= 0.3 is 0 Å². The minimum atomic E-state index is 0.130. The molecule has 0 radical (unpaired) electrons. The molecule has 34 heavy (non-hydrogen) atoms. The summed E-state index contributed by atoms with van der Waals surface area (Å²) in [6.45, 7) is 3.36. The molecule has 0 atom stereocenters. The van der Waals surface area contributed by atoms with E-state index in [1.54, 1.807) is 24.9 Å². The van der Waals surface area contributed by atoms with Crippen LogP contribution >= 0.6 is 23.4 Å². The first-order valence-corrected chi connectivity index (χ1v) is 12.2. The minimum absolute atomic E-state index is 0.130. The Morgan fingerprint density at radius 3 is 2.62 bits per heavy atom. The van der Waals surface area contributed by atoms with E-state index < -0.39 is 0 Å². The Bertz CT molecular complexity index is 1280. The number of aromatic nitrogens is 3. The Labute approximate surface area is 209 Å². The van der Waals surface area contributed by atoms with E-state index in [2.05, 4.69) is 50.9 Å². The first-order chi connectivity index (χ1) is 16.4. The number of aromatic hydroxyl groups is 1. The number of thioether (sulfide) groups is 1. The smallest absolute Gasteiger partial charge is 0.196 e. The van der Waals surface area contributed by atoms with E-state index in [1.165, 1.54) is 11.1 Å². The number of aryl methyl sites for hydroxylation is 1. The van der Waals surface area contributed by atoms with Crippen molar-refractivity contribution in [2.75, 3.05) is 14.2 Å². The van der Waals surface area contributed by atoms with Crippen LogP contribution in [0.15, 0.2) is 71.9 Å². The predicted molar refractivity (Wildman–Crippen MR) is 137 cm³/mol. The number of nitrogens with zero attached hydrogens (tertiary/aromatic N) is 4. The SMILES string of the molecule is COc1cc(CN(C)Cc2nnc(SCc3ccccc3C)n2-c2cccc(Cl)c2)ccc1O. The summed E-state index contributed by atoms with van der Waals surface area (Å²) in [6.07, 6.45) is 0. The fourth-order valence-corrected chi connectivity index (χ4v) is 4.95. The van der Waals surface area contributed by atoms with Crippen LogP contribution in [0.1, 0.15) is 22.5 Å². The molecule has 0 bridgehead atoms. The molecule has 0 aliphatic rings. The lowest BCUT2D eigenvalue weighted by Crippen LogP contribution is -2.20. The van der Waals surface area contributed by atoms with Crippen LogP contribution in [0.2, 0.25) is 5.02 Å². The standard InChI is InChI=1S/C26H27ClN4O2S/c1-18-7-4-5-8-20(18)17-34-26-29-28-25(31(26)22-10-6-9-21(27)14-22)16-30(2)15-19-11-12-23(32)24(13-19)33-3/h4-14,32H,15-17H2,1-3H3.